The number of methoxy groups -OCH3 is 2. The van der Waals surface area contributed by atoms with Gasteiger partial charge in [-0.2, -0.15) is 5.10 Å². The summed E-state index contributed by atoms with van der Waals surface area (Å²) in [6.45, 7) is 2.09. The fourth-order valence-corrected chi connectivity index (χ4v) is 1.23. The van der Waals surface area contributed by atoms with Crippen molar-refractivity contribution in [1.29, 1.82) is 0 Å². The predicted octanol–water partition coefficient (Wildman–Crippen LogP) is 0.479. The SMILES string of the molecule is COC(=O)c1ccn(CC(C)C(=O)OC)n1. The van der Waals surface area contributed by atoms with Crippen LogP contribution in [0.25, 0.3) is 0 Å². The molecule has 0 radical (unpaired) electrons. The summed E-state index contributed by atoms with van der Waals surface area (Å²) in [4.78, 5) is 22.3. The highest BCUT2D eigenvalue weighted by Gasteiger charge is 2.15. The van der Waals surface area contributed by atoms with Crippen LogP contribution in [0.2, 0.25) is 0 Å². The highest BCUT2D eigenvalue weighted by molar-refractivity contribution is 5.86. The molecule has 0 aliphatic rings. The summed E-state index contributed by atoms with van der Waals surface area (Å²) in [5.41, 5.74) is 0.222. The molecule has 0 amide bonds. The Labute approximate surface area is 93.1 Å². The molecule has 1 heterocycles. The van der Waals surface area contributed by atoms with E-state index in [9.17, 15) is 9.59 Å². The van der Waals surface area contributed by atoms with Crippen molar-refractivity contribution in [3.8, 4) is 0 Å². The van der Waals surface area contributed by atoms with Gasteiger partial charge in [0, 0.05) is 6.20 Å². The van der Waals surface area contributed by atoms with Crippen LogP contribution in [0.3, 0.4) is 0 Å². The van der Waals surface area contributed by atoms with E-state index in [0.29, 0.717) is 6.54 Å². The van der Waals surface area contributed by atoms with Crippen molar-refractivity contribution in [3.05, 3.63) is 18.0 Å². The molecular weight excluding hydrogens is 212 g/mol. The maximum Gasteiger partial charge on any atom is 0.358 e. The van der Waals surface area contributed by atoms with E-state index < -0.39 is 5.97 Å². The maximum absolute atomic E-state index is 11.2. The van der Waals surface area contributed by atoms with E-state index in [2.05, 4.69) is 14.6 Å². The normalized spacial score (nSPS) is 11.9. The van der Waals surface area contributed by atoms with E-state index in [0.717, 1.165) is 0 Å². The fourth-order valence-electron chi connectivity index (χ4n) is 1.23. The molecule has 1 unspecified atom stereocenters. The van der Waals surface area contributed by atoms with Gasteiger partial charge in [-0.3, -0.25) is 9.48 Å². The molecule has 0 fully saturated rings. The number of hydrogen-bond acceptors (Lipinski definition) is 5. The molecule has 0 spiro atoms. The number of rotatable bonds is 4. The number of ether oxygens (including phenoxy) is 2. The monoisotopic (exact) mass is 226 g/mol. The van der Waals surface area contributed by atoms with Crippen molar-refractivity contribution in [1.82, 2.24) is 9.78 Å². The lowest BCUT2D eigenvalue weighted by molar-refractivity contribution is -0.145. The molecule has 0 N–H and O–H groups in total. The zero-order chi connectivity index (χ0) is 12.1. The smallest absolute Gasteiger partial charge is 0.358 e. The standard InChI is InChI=1S/C10H14N2O4/c1-7(9(13)15-2)6-12-5-4-8(11-12)10(14)16-3/h4-5,7H,6H2,1-3H3. The van der Waals surface area contributed by atoms with Gasteiger partial charge in [-0.25, -0.2) is 4.79 Å². The summed E-state index contributed by atoms with van der Waals surface area (Å²) in [6.07, 6.45) is 1.62. The van der Waals surface area contributed by atoms with Gasteiger partial charge in [-0.15, -0.1) is 0 Å². The van der Waals surface area contributed by atoms with Gasteiger partial charge in [-0.1, -0.05) is 6.92 Å². The van der Waals surface area contributed by atoms with Crippen LogP contribution in [0.1, 0.15) is 17.4 Å². The zero-order valence-corrected chi connectivity index (χ0v) is 9.47. The highest BCUT2D eigenvalue weighted by atomic mass is 16.5. The fraction of sp³-hybridized carbons (Fsp3) is 0.500. The second-order valence-electron chi connectivity index (χ2n) is 3.34. The largest absolute Gasteiger partial charge is 0.469 e. The molecule has 6 heteroatoms. The van der Waals surface area contributed by atoms with Gasteiger partial charge >= 0.3 is 11.9 Å². The summed E-state index contributed by atoms with van der Waals surface area (Å²) < 4.78 is 10.6. The maximum atomic E-state index is 11.2. The van der Waals surface area contributed by atoms with Gasteiger partial charge in [0.15, 0.2) is 5.69 Å². The first-order valence-corrected chi connectivity index (χ1v) is 4.78. The number of aromatic nitrogens is 2. The van der Waals surface area contributed by atoms with Crippen molar-refractivity contribution in [2.45, 2.75) is 13.5 Å². The second-order valence-corrected chi connectivity index (χ2v) is 3.34. The van der Waals surface area contributed by atoms with E-state index in [4.69, 9.17) is 0 Å². The van der Waals surface area contributed by atoms with Crippen LogP contribution in [0.15, 0.2) is 12.3 Å². The lowest BCUT2D eigenvalue weighted by Gasteiger charge is -2.08. The van der Waals surface area contributed by atoms with Crippen LogP contribution >= 0.6 is 0 Å². The number of nitrogens with zero attached hydrogens (tertiary/aromatic N) is 2. The van der Waals surface area contributed by atoms with E-state index >= 15 is 0 Å². The Hall–Kier alpha value is -1.85. The molecule has 16 heavy (non-hydrogen) atoms. The zero-order valence-electron chi connectivity index (χ0n) is 9.47. The van der Waals surface area contributed by atoms with Crippen LogP contribution in [0, 0.1) is 5.92 Å². The molecule has 0 saturated heterocycles. The number of carbonyl (C=O) groups is 2. The molecular formula is C10H14N2O4. The Morgan fingerprint density at radius 1 is 1.44 bits per heavy atom. The summed E-state index contributed by atoms with van der Waals surface area (Å²) in [5, 5.41) is 3.97. The topological polar surface area (TPSA) is 70.4 Å². The van der Waals surface area contributed by atoms with Crippen molar-refractivity contribution in [2.75, 3.05) is 14.2 Å². The second kappa shape index (κ2) is 5.29. The van der Waals surface area contributed by atoms with Crippen molar-refractivity contribution < 1.29 is 19.1 Å². The molecule has 0 saturated carbocycles. The first-order valence-electron chi connectivity index (χ1n) is 4.78. The van der Waals surface area contributed by atoms with Crippen LogP contribution in [0.4, 0.5) is 0 Å². The average Bonchev–Trinajstić information content (AvgIpc) is 2.75. The summed E-state index contributed by atoms with van der Waals surface area (Å²) >= 11 is 0. The van der Waals surface area contributed by atoms with E-state index in [-0.39, 0.29) is 17.6 Å². The van der Waals surface area contributed by atoms with Gasteiger partial charge < -0.3 is 9.47 Å². The highest BCUT2D eigenvalue weighted by Crippen LogP contribution is 2.04. The van der Waals surface area contributed by atoms with E-state index in [1.807, 2.05) is 0 Å². The Morgan fingerprint density at radius 3 is 2.69 bits per heavy atom. The van der Waals surface area contributed by atoms with Crippen LogP contribution < -0.4 is 0 Å². The molecule has 1 rings (SSSR count). The molecule has 88 valence electrons. The molecule has 0 aliphatic carbocycles. The lowest BCUT2D eigenvalue weighted by atomic mass is 10.2. The van der Waals surface area contributed by atoms with Crippen LogP contribution in [-0.2, 0) is 20.8 Å². The number of esters is 2. The first kappa shape index (κ1) is 12.2. The van der Waals surface area contributed by atoms with Crippen molar-refractivity contribution in [3.63, 3.8) is 0 Å². The van der Waals surface area contributed by atoms with Gasteiger partial charge in [-0.05, 0) is 6.07 Å². The van der Waals surface area contributed by atoms with Crippen LogP contribution in [0.5, 0.6) is 0 Å². The lowest BCUT2D eigenvalue weighted by Crippen LogP contribution is -2.19. The molecule has 1 aromatic rings. The third-order valence-electron chi connectivity index (χ3n) is 2.10. The summed E-state index contributed by atoms with van der Waals surface area (Å²) in [5.74, 6) is -1.12. The average molecular weight is 226 g/mol. The molecule has 1 aromatic heterocycles. The minimum Gasteiger partial charge on any atom is -0.469 e. The number of hydrogen-bond donors (Lipinski definition) is 0. The minimum absolute atomic E-state index is 0.222. The molecule has 6 nitrogen and oxygen atoms in total. The van der Waals surface area contributed by atoms with Gasteiger partial charge in [0.25, 0.3) is 0 Å². The van der Waals surface area contributed by atoms with Gasteiger partial charge in [0.2, 0.25) is 0 Å². The third kappa shape index (κ3) is 2.82. The Kier molecular flexibility index (Phi) is 4.04. The minimum atomic E-state index is -0.496. The summed E-state index contributed by atoms with van der Waals surface area (Å²) in [7, 11) is 2.63. The Bertz CT molecular complexity index is 386. The van der Waals surface area contributed by atoms with E-state index in [1.54, 1.807) is 13.1 Å². The Balaban J connectivity index is 2.65. The molecule has 0 aromatic carbocycles. The Morgan fingerprint density at radius 2 is 2.12 bits per heavy atom. The van der Waals surface area contributed by atoms with Gasteiger partial charge in [0.1, 0.15) is 0 Å². The van der Waals surface area contributed by atoms with Crippen molar-refractivity contribution in [2.24, 2.45) is 5.92 Å². The molecule has 0 bridgehead atoms. The molecule has 0 aliphatic heterocycles. The first-order chi connectivity index (χ1) is 7.58. The quantitative estimate of drug-likeness (QED) is 0.698. The number of carbonyl (C=O) groups excluding carboxylic acids is 2. The predicted molar refractivity (Wildman–Crippen MR) is 54.7 cm³/mol. The molecule has 1 atom stereocenters. The third-order valence-corrected chi connectivity index (χ3v) is 2.10. The van der Waals surface area contributed by atoms with Crippen molar-refractivity contribution >= 4 is 11.9 Å². The summed E-state index contributed by atoms with van der Waals surface area (Å²) in [6, 6.07) is 1.54. The van der Waals surface area contributed by atoms with Gasteiger partial charge in [0.05, 0.1) is 26.7 Å². The van der Waals surface area contributed by atoms with E-state index in [1.165, 1.54) is 25.0 Å². The van der Waals surface area contributed by atoms with Crippen LogP contribution in [-0.4, -0.2) is 35.9 Å².